The Morgan fingerprint density at radius 3 is 3.08 bits per heavy atom. The summed E-state index contributed by atoms with van der Waals surface area (Å²) in [6, 6.07) is 4.79. The normalized spacial score (nSPS) is 24.6. The van der Waals surface area contributed by atoms with Gasteiger partial charge in [-0.1, -0.05) is 6.07 Å². The number of hydrogen-bond acceptors (Lipinski definition) is 2. The lowest BCUT2D eigenvalue weighted by atomic mass is 10.1. The minimum atomic E-state index is 0.610. The molecule has 1 aliphatic rings. The zero-order valence-electron chi connectivity index (χ0n) is 7.40. The van der Waals surface area contributed by atoms with Gasteiger partial charge in [-0.2, -0.15) is 0 Å². The van der Waals surface area contributed by atoms with Gasteiger partial charge in [0.25, 0.3) is 0 Å². The zero-order chi connectivity index (χ0) is 8.39. The van der Waals surface area contributed by atoms with Crippen molar-refractivity contribution in [3.8, 4) is 0 Å². The molecule has 0 unspecified atom stereocenters. The van der Waals surface area contributed by atoms with Crippen LogP contribution in [0.5, 0.6) is 0 Å². The SMILES string of the molecule is C[15N]1CCC[C@H]1c1cccnc1. The highest BCUT2D eigenvalue weighted by Crippen LogP contribution is 2.29. The monoisotopic (exact) mass is 163 g/mol. The topological polar surface area (TPSA) is 16.1 Å². The molecule has 1 fully saturated rings. The molecule has 0 amide bonds. The van der Waals surface area contributed by atoms with Crippen molar-refractivity contribution in [2.75, 3.05) is 13.6 Å². The minimum absolute atomic E-state index is 0.610. The number of nitrogens with zero attached hydrogens (tertiary/aromatic N) is 2. The van der Waals surface area contributed by atoms with Gasteiger partial charge in [0, 0.05) is 18.4 Å². The first-order valence-corrected chi connectivity index (χ1v) is 4.48. The summed E-state index contributed by atoms with van der Waals surface area (Å²) in [6.45, 7) is 1.22. The van der Waals surface area contributed by atoms with Crippen LogP contribution in [0, 0.1) is 0 Å². The molecule has 1 aromatic heterocycles. The third-order valence-electron chi connectivity index (χ3n) is 2.59. The highest BCUT2D eigenvalue weighted by Gasteiger charge is 2.21. The van der Waals surface area contributed by atoms with Crippen molar-refractivity contribution < 1.29 is 0 Å². The predicted octanol–water partition coefficient (Wildman–Crippen LogP) is 1.85. The van der Waals surface area contributed by atoms with E-state index in [0.717, 1.165) is 0 Å². The summed E-state index contributed by atoms with van der Waals surface area (Å²) >= 11 is 0. The van der Waals surface area contributed by atoms with Crippen molar-refractivity contribution in [1.29, 1.82) is 0 Å². The molecule has 0 saturated carbocycles. The summed E-state index contributed by atoms with van der Waals surface area (Å²) in [6.07, 6.45) is 6.41. The molecule has 0 spiro atoms. The number of aromatic nitrogens is 1. The molecule has 2 nitrogen and oxygen atoms in total. The largest absolute Gasteiger partial charge is 0.299 e. The molecule has 2 heterocycles. The van der Waals surface area contributed by atoms with Crippen LogP contribution in [0.4, 0.5) is 0 Å². The van der Waals surface area contributed by atoms with E-state index in [-0.39, 0.29) is 0 Å². The summed E-state index contributed by atoms with van der Waals surface area (Å²) in [5, 5.41) is 0. The van der Waals surface area contributed by atoms with E-state index in [1.807, 2.05) is 18.5 Å². The van der Waals surface area contributed by atoms with Crippen LogP contribution in [0.25, 0.3) is 0 Å². The lowest BCUT2D eigenvalue weighted by Gasteiger charge is -2.18. The van der Waals surface area contributed by atoms with Crippen molar-refractivity contribution in [3.05, 3.63) is 30.1 Å². The molecule has 1 atom stereocenters. The minimum Gasteiger partial charge on any atom is -0.299 e. The molecular weight excluding hydrogens is 149 g/mol. The Morgan fingerprint density at radius 1 is 1.58 bits per heavy atom. The average Bonchev–Trinajstić information content (AvgIpc) is 2.53. The number of hydrogen-bond donors (Lipinski definition) is 0. The summed E-state index contributed by atoms with van der Waals surface area (Å²) in [5.41, 5.74) is 1.36. The highest BCUT2D eigenvalue weighted by molar-refractivity contribution is 5.14. The molecule has 1 aromatic rings. The first-order chi connectivity index (χ1) is 5.88. The van der Waals surface area contributed by atoms with Crippen molar-refractivity contribution in [3.63, 3.8) is 0 Å². The molecule has 2 heteroatoms. The summed E-state index contributed by atoms with van der Waals surface area (Å²) in [4.78, 5) is 6.54. The van der Waals surface area contributed by atoms with Crippen LogP contribution < -0.4 is 0 Å². The molecule has 0 aliphatic carbocycles. The molecular formula is C10H14N2. The number of likely N-dealkylation sites (tertiary alicyclic amines) is 1. The molecule has 12 heavy (non-hydrogen) atoms. The van der Waals surface area contributed by atoms with Gasteiger partial charge in [0.1, 0.15) is 0 Å². The van der Waals surface area contributed by atoms with Gasteiger partial charge >= 0.3 is 0 Å². The lowest BCUT2D eigenvalue weighted by Crippen LogP contribution is -2.17. The second-order valence-electron chi connectivity index (χ2n) is 3.42. The van der Waals surface area contributed by atoms with Crippen molar-refractivity contribution in [2.45, 2.75) is 18.9 Å². The van der Waals surface area contributed by atoms with Crippen LogP contribution in [0.15, 0.2) is 24.5 Å². The van der Waals surface area contributed by atoms with Gasteiger partial charge in [0.2, 0.25) is 0 Å². The predicted molar refractivity (Wildman–Crippen MR) is 48.8 cm³/mol. The van der Waals surface area contributed by atoms with Crippen LogP contribution >= 0.6 is 0 Å². The van der Waals surface area contributed by atoms with E-state index in [4.69, 9.17) is 0 Å². The zero-order valence-corrected chi connectivity index (χ0v) is 7.40. The number of rotatable bonds is 1. The van der Waals surface area contributed by atoms with Gasteiger partial charge in [0.15, 0.2) is 0 Å². The van der Waals surface area contributed by atoms with Gasteiger partial charge in [-0.15, -0.1) is 0 Å². The Balaban J connectivity index is 2.19. The first-order valence-electron chi connectivity index (χ1n) is 4.48. The Kier molecular flexibility index (Phi) is 2.09. The molecule has 0 bridgehead atoms. The lowest BCUT2D eigenvalue weighted by molar-refractivity contribution is 0.317. The molecule has 0 N–H and O–H groups in total. The number of pyridine rings is 1. The Labute approximate surface area is 73.2 Å². The van der Waals surface area contributed by atoms with Crippen LogP contribution in [-0.4, -0.2) is 23.5 Å². The second-order valence-corrected chi connectivity index (χ2v) is 3.42. The van der Waals surface area contributed by atoms with Crippen LogP contribution in [0.1, 0.15) is 24.4 Å². The maximum atomic E-state index is 4.14. The molecule has 1 saturated heterocycles. The van der Waals surface area contributed by atoms with E-state index < -0.39 is 0 Å². The smallest absolute Gasteiger partial charge is 0.0360 e. The van der Waals surface area contributed by atoms with E-state index >= 15 is 0 Å². The molecule has 64 valence electrons. The first kappa shape index (κ1) is 7.74. The fourth-order valence-corrected chi connectivity index (χ4v) is 1.90. The second kappa shape index (κ2) is 3.23. The van der Waals surface area contributed by atoms with Gasteiger partial charge < -0.3 is 0 Å². The van der Waals surface area contributed by atoms with Crippen LogP contribution in [0.2, 0.25) is 0 Å². The fourth-order valence-electron chi connectivity index (χ4n) is 1.90. The quantitative estimate of drug-likeness (QED) is 0.587. The van der Waals surface area contributed by atoms with E-state index in [1.165, 1.54) is 24.9 Å². The van der Waals surface area contributed by atoms with Gasteiger partial charge in [-0.3, -0.25) is 9.88 Å². The molecule has 0 aromatic carbocycles. The van der Waals surface area contributed by atoms with Crippen molar-refractivity contribution in [2.24, 2.45) is 0 Å². The van der Waals surface area contributed by atoms with E-state index in [9.17, 15) is 0 Å². The summed E-state index contributed by atoms with van der Waals surface area (Å²) in [5.74, 6) is 0. The Bertz CT molecular complexity index is 245. The van der Waals surface area contributed by atoms with E-state index in [2.05, 4.69) is 23.0 Å². The standard InChI is InChI=1S/C10H14N2/c1-12-7-3-5-10(12)9-4-2-6-11-8-9/h2,4,6,8,10H,3,5,7H2,1H3/t10-/m0/s1/i12+1. The highest BCUT2D eigenvalue weighted by atomic mass is 15.9. The molecule has 2 rings (SSSR count). The van der Waals surface area contributed by atoms with Crippen molar-refractivity contribution >= 4 is 0 Å². The molecule has 0 radical (unpaired) electrons. The van der Waals surface area contributed by atoms with Crippen molar-refractivity contribution in [1.82, 2.24) is 9.88 Å². The van der Waals surface area contributed by atoms with E-state index in [1.54, 1.807) is 0 Å². The maximum Gasteiger partial charge on any atom is 0.0360 e. The van der Waals surface area contributed by atoms with Gasteiger partial charge in [0.05, 0.1) is 0 Å². The van der Waals surface area contributed by atoms with E-state index in [0.29, 0.717) is 6.04 Å². The molecule has 1 aliphatic heterocycles. The van der Waals surface area contributed by atoms with Gasteiger partial charge in [-0.25, -0.2) is 0 Å². The summed E-state index contributed by atoms with van der Waals surface area (Å²) in [7, 11) is 2.19. The fraction of sp³-hybridized carbons (Fsp3) is 0.500. The third-order valence-corrected chi connectivity index (χ3v) is 2.59. The Morgan fingerprint density at radius 2 is 2.50 bits per heavy atom. The van der Waals surface area contributed by atoms with Crippen LogP contribution in [-0.2, 0) is 0 Å². The maximum absolute atomic E-state index is 4.14. The van der Waals surface area contributed by atoms with Crippen LogP contribution in [0.3, 0.4) is 0 Å². The van der Waals surface area contributed by atoms with Gasteiger partial charge in [-0.05, 0) is 38.1 Å². The average molecular weight is 163 g/mol. The summed E-state index contributed by atoms with van der Waals surface area (Å²) < 4.78 is 0. The third kappa shape index (κ3) is 1.34. The Hall–Kier alpha value is -0.890.